The average molecular weight is 379 g/mol. The Labute approximate surface area is 164 Å². The number of tetrazole rings is 1. The van der Waals surface area contributed by atoms with E-state index < -0.39 is 0 Å². The van der Waals surface area contributed by atoms with Crippen molar-refractivity contribution < 1.29 is 9.84 Å². The van der Waals surface area contributed by atoms with Crippen LogP contribution in [0.3, 0.4) is 0 Å². The molecule has 1 aromatic heterocycles. The van der Waals surface area contributed by atoms with Gasteiger partial charge in [-0.3, -0.25) is 4.90 Å². The first-order chi connectivity index (χ1) is 13.8. The zero-order valence-electron chi connectivity index (χ0n) is 16.0. The summed E-state index contributed by atoms with van der Waals surface area (Å²) in [7, 11) is 1.67. The number of nitrogens with zero attached hydrogens (tertiary/aromatic N) is 5. The highest BCUT2D eigenvalue weighted by Crippen LogP contribution is 2.36. The Balaban J connectivity index is 1.56. The van der Waals surface area contributed by atoms with Crippen LogP contribution in [0.1, 0.15) is 35.8 Å². The Morgan fingerprint density at radius 2 is 1.75 bits per heavy atom. The molecule has 1 saturated heterocycles. The number of aliphatic hydroxyl groups excluding tert-OH is 1. The molecule has 146 valence electrons. The van der Waals surface area contributed by atoms with Crippen LogP contribution in [0.15, 0.2) is 54.6 Å². The molecule has 1 fully saturated rings. The van der Waals surface area contributed by atoms with Crippen molar-refractivity contribution >= 4 is 0 Å². The highest BCUT2D eigenvalue weighted by atomic mass is 16.5. The van der Waals surface area contributed by atoms with Crippen LogP contribution in [0.2, 0.25) is 0 Å². The maximum absolute atomic E-state index is 9.90. The second-order valence-electron chi connectivity index (χ2n) is 7.13. The van der Waals surface area contributed by atoms with Crippen LogP contribution >= 0.6 is 0 Å². The van der Waals surface area contributed by atoms with Crippen LogP contribution in [0, 0.1) is 0 Å². The minimum atomic E-state index is 0.0814. The number of likely N-dealkylation sites (tertiary alicyclic amines) is 1. The molecule has 2 aromatic carbocycles. The summed E-state index contributed by atoms with van der Waals surface area (Å²) >= 11 is 0. The summed E-state index contributed by atoms with van der Waals surface area (Å²) in [6.07, 6.45) is 1.85. The van der Waals surface area contributed by atoms with Gasteiger partial charge in [-0.1, -0.05) is 42.5 Å². The van der Waals surface area contributed by atoms with Gasteiger partial charge in [-0.2, -0.15) is 0 Å². The van der Waals surface area contributed by atoms with Crippen LogP contribution < -0.4 is 4.74 Å². The van der Waals surface area contributed by atoms with E-state index in [0.29, 0.717) is 6.54 Å². The van der Waals surface area contributed by atoms with E-state index in [1.165, 1.54) is 5.56 Å². The van der Waals surface area contributed by atoms with Gasteiger partial charge in [-0.15, -0.1) is 5.10 Å². The molecule has 4 rings (SSSR count). The third-order valence-electron chi connectivity index (χ3n) is 5.41. The quantitative estimate of drug-likeness (QED) is 0.679. The first-order valence-electron chi connectivity index (χ1n) is 9.58. The number of rotatable bonds is 7. The van der Waals surface area contributed by atoms with Crippen LogP contribution in [-0.2, 0) is 13.1 Å². The third-order valence-corrected chi connectivity index (χ3v) is 5.41. The van der Waals surface area contributed by atoms with Crippen molar-refractivity contribution in [2.75, 3.05) is 13.7 Å². The molecule has 1 aliphatic heterocycles. The topological polar surface area (TPSA) is 76.3 Å². The van der Waals surface area contributed by atoms with E-state index in [9.17, 15) is 5.11 Å². The van der Waals surface area contributed by atoms with Crippen LogP contribution in [0.4, 0.5) is 0 Å². The highest BCUT2D eigenvalue weighted by molar-refractivity contribution is 5.27. The predicted molar refractivity (Wildman–Crippen MR) is 105 cm³/mol. The summed E-state index contributed by atoms with van der Waals surface area (Å²) in [6, 6.07) is 18.4. The fraction of sp³-hybridized carbons (Fsp3) is 0.381. The lowest BCUT2D eigenvalue weighted by Crippen LogP contribution is -2.34. The number of hydrogen-bond acceptors (Lipinski definition) is 6. The van der Waals surface area contributed by atoms with Gasteiger partial charge in [-0.25, -0.2) is 4.68 Å². The van der Waals surface area contributed by atoms with Gasteiger partial charge in [-0.05, 0) is 46.5 Å². The van der Waals surface area contributed by atoms with Crippen molar-refractivity contribution in [2.45, 2.75) is 38.0 Å². The Kier molecular flexibility index (Phi) is 5.64. The average Bonchev–Trinajstić information content (AvgIpc) is 3.35. The van der Waals surface area contributed by atoms with Gasteiger partial charge in [0.25, 0.3) is 0 Å². The Morgan fingerprint density at radius 1 is 1.00 bits per heavy atom. The molecule has 1 N–H and O–H groups in total. The fourth-order valence-electron chi connectivity index (χ4n) is 3.91. The largest absolute Gasteiger partial charge is 0.497 e. The number of methoxy groups -OCH3 is 1. The summed E-state index contributed by atoms with van der Waals surface area (Å²) in [6.45, 7) is 1.50. The molecular weight excluding hydrogens is 354 g/mol. The minimum absolute atomic E-state index is 0.0814. The molecular formula is C21H25N5O2. The normalized spacial score (nSPS) is 19.8. The van der Waals surface area contributed by atoms with E-state index in [2.05, 4.69) is 44.7 Å². The van der Waals surface area contributed by atoms with Crippen molar-refractivity contribution in [1.29, 1.82) is 0 Å². The van der Waals surface area contributed by atoms with Crippen LogP contribution in [0.25, 0.3) is 0 Å². The Hall–Kier alpha value is -2.77. The number of aromatic nitrogens is 4. The van der Waals surface area contributed by atoms with Crippen molar-refractivity contribution in [3.05, 3.63) is 71.5 Å². The van der Waals surface area contributed by atoms with E-state index in [1.54, 1.807) is 7.11 Å². The Bertz CT molecular complexity index is 881. The lowest BCUT2D eigenvalue weighted by atomic mass is 10.1. The molecule has 0 radical (unpaired) electrons. The third kappa shape index (κ3) is 3.90. The zero-order chi connectivity index (χ0) is 19.3. The van der Waals surface area contributed by atoms with E-state index in [1.807, 2.05) is 35.0 Å². The van der Waals surface area contributed by atoms with Gasteiger partial charge in [0.15, 0.2) is 5.82 Å². The fourth-order valence-corrected chi connectivity index (χ4v) is 3.91. The first kappa shape index (κ1) is 18.6. The molecule has 0 amide bonds. The number of aliphatic hydroxyl groups is 1. The number of hydrogen-bond donors (Lipinski definition) is 1. The van der Waals surface area contributed by atoms with Crippen LogP contribution in [0.5, 0.6) is 5.75 Å². The molecule has 0 unspecified atom stereocenters. The number of benzene rings is 2. The smallest absolute Gasteiger partial charge is 0.168 e. The summed E-state index contributed by atoms with van der Waals surface area (Å²) in [5.74, 6) is 1.69. The highest BCUT2D eigenvalue weighted by Gasteiger charge is 2.37. The van der Waals surface area contributed by atoms with Crippen molar-refractivity contribution in [1.82, 2.24) is 25.1 Å². The lowest BCUT2D eigenvalue weighted by molar-refractivity contribution is 0.117. The molecule has 2 atom stereocenters. The van der Waals surface area contributed by atoms with Crippen molar-refractivity contribution in [3.63, 3.8) is 0 Å². The maximum atomic E-state index is 9.90. The van der Waals surface area contributed by atoms with Gasteiger partial charge < -0.3 is 9.84 Å². The predicted octanol–water partition coefficient (Wildman–Crippen LogP) is 2.43. The van der Waals surface area contributed by atoms with Gasteiger partial charge in [0.05, 0.1) is 26.3 Å². The van der Waals surface area contributed by atoms with Gasteiger partial charge in [0.1, 0.15) is 5.75 Å². The van der Waals surface area contributed by atoms with Crippen molar-refractivity contribution in [2.24, 2.45) is 0 Å². The molecule has 7 heteroatoms. The minimum Gasteiger partial charge on any atom is -0.497 e. The van der Waals surface area contributed by atoms with E-state index >= 15 is 0 Å². The zero-order valence-corrected chi connectivity index (χ0v) is 16.0. The Morgan fingerprint density at radius 3 is 2.46 bits per heavy atom. The van der Waals surface area contributed by atoms with Gasteiger partial charge in [0.2, 0.25) is 0 Å². The van der Waals surface area contributed by atoms with E-state index in [0.717, 1.165) is 36.5 Å². The molecule has 3 aromatic rings. The SMILES string of the molecule is COc1ccc(CN2[C@H](CO)CC[C@H]2c2nnnn2Cc2ccccc2)cc1. The van der Waals surface area contributed by atoms with E-state index in [-0.39, 0.29) is 18.7 Å². The summed E-state index contributed by atoms with van der Waals surface area (Å²) in [5.41, 5.74) is 2.34. The molecule has 7 nitrogen and oxygen atoms in total. The maximum Gasteiger partial charge on any atom is 0.168 e. The molecule has 1 aliphatic rings. The van der Waals surface area contributed by atoms with E-state index in [4.69, 9.17) is 4.74 Å². The second kappa shape index (κ2) is 8.50. The molecule has 2 heterocycles. The molecule has 0 bridgehead atoms. The summed E-state index contributed by atoms with van der Waals surface area (Å²) in [4.78, 5) is 2.31. The standard InChI is InChI=1S/C21H25N5O2/c1-28-19-10-7-17(8-11-19)13-25-18(15-27)9-12-20(25)21-22-23-24-26(21)14-16-5-3-2-4-6-16/h2-8,10-11,18,20,27H,9,12-15H2,1H3/t18-,20-/m0/s1. The summed E-state index contributed by atoms with van der Waals surface area (Å²) < 4.78 is 7.13. The molecule has 0 aliphatic carbocycles. The molecule has 28 heavy (non-hydrogen) atoms. The van der Waals surface area contributed by atoms with Crippen LogP contribution in [-0.4, -0.2) is 50.0 Å². The second-order valence-corrected chi connectivity index (χ2v) is 7.13. The van der Waals surface area contributed by atoms with Gasteiger partial charge >= 0.3 is 0 Å². The lowest BCUT2D eigenvalue weighted by Gasteiger charge is -2.28. The first-order valence-corrected chi connectivity index (χ1v) is 9.58. The van der Waals surface area contributed by atoms with Crippen molar-refractivity contribution in [3.8, 4) is 5.75 Å². The van der Waals surface area contributed by atoms with Gasteiger partial charge in [0, 0.05) is 12.6 Å². The number of ether oxygens (including phenoxy) is 1. The summed E-state index contributed by atoms with van der Waals surface area (Å²) in [5, 5.41) is 22.4. The monoisotopic (exact) mass is 379 g/mol. The molecule has 0 spiro atoms. The molecule has 0 saturated carbocycles.